The number of rotatable bonds is 5. The van der Waals surface area contributed by atoms with E-state index in [0.29, 0.717) is 15.8 Å². The monoisotopic (exact) mass is 234 g/mol. The molecule has 1 unspecified atom stereocenters. The molecule has 0 spiro atoms. The summed E-state index contributed by atoms with van der Waals surface area (Å²) in [5, 5.41) is 11.5. The van der Waals surface area contributed by atoms with Crippen LogP contribution in [0.1, 0.15) is 5.01 Å². The van der Waals surface area contributed by atoms with Gasteiger partial charge in [0.2, 0.25) is 6.41 Å². The molecule has 1 aromatic rings. The van der Waals surface area contributed by atoms with Crippen LogP contribution in [0.3, 0.4) is 0 Å². The van der Waals surface area contributed by atoms with Crippen LogP contribution in [0.25, 0.3) is 0 Å². The maximum Gasteiger partial charge on any atom is 0.326 e. The van der Waals surface area contributed by atoms with Crippen LogP contribution in [-0.4, -0.2) is 28.5 Å². The number of halogens is 1. The number of hydrogen-bond donors (Lipinski definition) is 2. The average molecular weight is 235 g/mol. The molecule has 7 heteroatoms. The minimum atomic E-state index is -1.09. The maximum absolute atomic E-state index is 10.6. The molecule has 0 bridgehead atoms. The second-order valence-electron chi connectivity index (χ2n) is 2.44. The van der Waals surface area contributed by atoms with Gasteiger partial charge in [-0.05, 0) is 0 Å². The van der Waals surface area contributed by atoms with Crippen LogP contribution in [0, 0.1) is 0 Å². The molecule has 1 atom stereocenters. The standard InChI is InChI=1S/C7H7ClN2O3S/c8-5-2-9-6(14-5)1-4(7(12)13)10-3-11/h2-4H,1H2,(H,10,11)(H,12,13). The lowest BCUT2D eigenvalue weighted by molar-refractivity contribution is -0.140. The molecule has 2 N–H and O–H groups in total. The number of aliphatic carboxylic acids is 1. The Labute approximate surface area is 88.7 Å². The van der Waals surface area contributed by atoms with E-state index in [4.69, 9.17) is 16.7 Å². The summed E-state index contributed by atoms with van der Waals surface area (Å²) in [6, 6.07) is -0.949. The third-order valence-corrected chi connectivity index (χ3v) is 2.61. The SMILES string of the molecule is O=CNC(Cc1ncc(Cl)s1)C(=O)O. The van der Waals surface area contributed by atoms with Crippen LogP contribution < -0.4 is 5.32 Å². The number of hydrogen-bond acceptors (Lipinski definition) is 4. The molecule has 0 saturated heterocycles. The van der Waals surface area contributed by atoms with Crippen molar-refractivity contribution in [2.24, 2.45) is 0 Å². The number of nitrogens with one attached hydrogen (secondary N) is 1. The third-order valence-electron chi connectivity index (χ3n) is 1.47. The molecule has 1 heterocycles. The van der Waals surface area contributed by atoms with E-state index in [0.717, 1.165) is 0 Å². The van der Waals surface area contributed by atoms with Gasteiger partial charge in [-0.3, -0.25) is 4.79 Å². The van der Waals surface area contributed by atoms with Crippen molar-refractivity contribution < 1.29 is 14.7 Å². The lowest BCUT2D eigenvalue weighted by Crippen LogP contribution is -2.37. The van der Waals surface area contributed by atoms with Crippen molar-refractivity contribution in [3.8, 4) is 0 Å². The summed E-state index contributed by atoms with van der Waals surface area (Å²) < 4.78 is 0.496. The summed E-state index contributed by atoms with van der Waals surface area (Å²) in [6.07, 6.45) is 1.95. The van der Waals surface area contributed by atoms with Crippen LogP contribution in [-0.2, 0) is 16.0 Å². The number of carboxylic acid groups (broad SMARTS) is 1. The predicted molar refractivity (Wildman–Crippen MR) is 51.5 cm³/mol. The fourth-order valence-corrected chi connectivity index (χ4v) is 1.86. The van der Waals surface area contributed by atoms with Crippen molar-refractivity contribution in [1.29, 1.82) is 0 Å². The van der Waals surface area contributed by atoms with Gasteiger partial charge in [0.05, 0.1) is 11.2 Å². The van der Waals surface area contributed by atoms with Gasteiger partial charge in [-0.25, -0.2) is 9.78 Å². The lowest BCUT2D eigenvalue weighted by Gasteiger charge is -2.07. The number of amides is 1. The first-order valence-corrected chi connectivity index (χ1v) is 4.85. The second-order valence-corrected chi connectivity index (χ2v) is 4.18. The summed E-state index contributed by atoms with van der Waals surface area (Å²) in [6.45, 7) is 0. The van der Waals surface area contributed by atoms with E-state index >= 15 is 0 Å². The summed E-state index contributed by atoms with van der Waals surface area (Å²) in [5.74, 6) is -1.09. The van der Waals surface area contributed by atoms with E-state index in [2.05, 4.69) is 10.3 Å². The van der Waals surface area contributed by atoms with Crippen molar-refractivity contribution in [2.75, 3.05) is 0 Å². The number of nitrogens with zero attached hydrogens (tertiary/aromatic N) is 1. The van der Waals surface area contributed by atoms with Gasteiger partial charge in [-0.15, -0.1) is 11.3 Å². The first kappa shape index (κ1) is 10.9. The highest BCUT2D eigenvalue weighted by molar-refractivity contribution is 7.15. The highest BCUT2D eigenvalue weighted by Crippen LogP contribution is 2.19. The Kier molecular flexibility index (Phi) is 3.84. The molecule has 0 aromatic carbocycles. The fourth-order valence-electron chi connectivity index (χ4n) is 0.857. The zero-order valence-electron chi connectivity index (χ0n) is 6.94. The molecular formula is C7H7ClN2O3S. The fraction of sp³-hybridized carbons (Fsp3) is 0.286. The van der Waals surface area contributed by atoms with Crippen molar-refractivity contribution in [2.45, 2.75) is 12.5 Å². The zero-order valence-corrected chi connectivity index (χ0v) is 8.51. The summed E-state index contributed by atoms with van der Waals surface area (Å²) in [4.78, 5) is 24.6. The molecule has 0 aliphatic heterocycles. The Morgan fingerprint density at radius 2 is 2.57 bits per heavy atom. The largest absolute Gasteiger partial charge is 0.480 e. The highest BCUT2D eigenvalue weighted by atomic mass is 35.5. The molecule has 0 aliphatic rings. The van der Waals surface area contributed by atoms with Gasteiger partial charge in [-0.2, -0.15) is 0 Å². The molecule has 0 radical (unpaired) electrons. The number of thiazole rings is 1. The Morgan fingerprint density at radius 1 is 1.86 bits per heavy atom. The maximum atomic E-state index is 10.6. The first-order valence-electron chi connectivity index (χ1n) is 3.66. The van der Waals surface area contributed by atoms with E-state index in [9.17, 15) is 9.59 Å². The van der Waals surface area contributed by atoms with Gasteiger partial charge in [0.25, 0.3) is 0 Å². The predicted octanol–water partition coefficient (Wildman–Crippen LogP) is 0.538. The van der Waals surface area contributed by atoms with Crippen molar-refractivity contribution in [1.82, 2.24) is 10.3 Å². The smallest absolute Gasteiger partial charge is 0.326 e. The minimum Gasteiger partial charge on any atom is -0.480 e. The third kappa shape index (κ3) is 2.97. The van der Waals surface area contributed by atoms with E-state index in [1.165, 1.54) is 17.5 Å². The van der Waals surface area contributed by atoms with Crippen LogP contribution >= 0.6 is 22.9 Å². The molecule has 5 nitrogen and oxygen atoms in total. The van der Waals surface area contributed by atoms with Crippen LogP contribution in [0.5, 0.6) is 0 Å². The van der Waals surface area contributed by atoms with E-state index in [1.54, 1.807) is 0 Å². The number of carboxylic acids is 1. The Hall–Kier alpha value is -1.14. The zero-order chi connectivity index (χ0) is 10.6. The molecule has 1 amide bonds. The molecule has 76 valence electrons. The first-order chi connectivity index (χ1) is 6.63. The highest BCUT2D eigenvalue weighted by Gasteiger charge is 2.18. The Bertz CT molecular complexity index is 341. The Morgan fingerprint density at radius 3 is 3.00 bits per heavy atom. The molecule has 0 fully saturated rings. The minimum absolute atomic E-state index is 0.144. The van der Waals surface area contributed by atoms with Crippen LogP contribution in [0.15, 0.2) is 6.20 Å². The van der Waals surface area contributed by atoms with Crippen LogP contribution in [0.4, 0.5) is 0 Å². The van der Waals surface area contributed by atoms with Gasteiger partial charge < -0.3 is 10.4 Å². The van der Waals surface area contributed by atoms with Gasteiger partial charge in [-0.1, -0.05) is 11.6 Å². The number of carbonyl (C=O) groups is 2. The number of aromatic nitrogens is 1. The van der Waals surface area contributed by atoms with Crippen molar-refractivity contribution in [3.63, 3.8) is 0 Å². The second kappa shape index (κ2) is 4.92. The summed E-state index contributed by atoms with van der Waals surface area (Å²) in [5.41, 5.74) is 0. The molecule has 0 aliphatic carbocycles. The van der Waals surface area contributed by atoms with Crippen molar-refractivity contribution >= 4 is 35.3 Å². The van der Waals surface area contributed by atoms with E-state index in [-0.39, 0.29) is 6.42 Å². The molecule has 1 aromatic heterocycles. The van der Waals surface area contributed by atoms with E-state index < -0.39 is 12.0 Å². The molecule has 1 rings (SSSR count). The van der Waals surface area contributed by atoms with Crippen LogP contribution in [0.2, 0.25) is 4.34 Å². The van der Waals surface area contributed by atoms with Crippen molar-refractivity contribution in [3.05, 3.63) is 15.5 Å². The lowest BCUT2D eigenvalue weighted by atomic mass is 10.2. The van der Waals surface area contributed by atoms with Gasteiger partial charge in [0.15, 0.2) is 0 Å². The molecule has 14 heavy (non-hydrogen) atoms. The molecule has 0 saturated carbocycles. The number of carbonyl (C=O) groups excluding carboxylic acids is 1. The quantitative estimate of drug-likeness (QED) is 0.729. The molecular weight excluding hydrogens is 228 g/mol. The normalized spacial score (nSPS) is 12.1. The summed E-state index contributed by atoms with van der Waals surface area (Å²) in [7, 11) is 0. The van der Waals surface area contributed by atoms with E-state index in [1.807, 2.05) is 0 Å². The van der Waals surface area contributed by atoms with Gasteiger partial charge in [0.1, 0.15) is 10.4 Å². The van der Waals surface area contributed by atoms with Gasteiger partial charge in [0, 0.05) is 6.42 Å². The van der Waals surface area contributed by atoms with Gasteiger partial charge >= 0.3 is 5.97 Å². The average Bonchev–Trinajstić information content (AvgIpc) is 2.50. The topological polar surface area (TPSA) is 79.3 Å². The summed E-state index contributed by atoms with van der Waals surface area (Å²) >= 11 is 6.81. The Balaban J connectivity index is 2.64.